The number of carbonyl (C=O) groups excluding carboxylic acids is 2. The number of ether oxygens (including phenoxy) is 1. The van der Waals surface area contributed by atoms with Crippen LogP contribution in [-0.4, -0.2) is 52.0 Å². The normalized spacial score (nSPS) is 15.0. The Balaban J connectivity index is 1.81. The maximum absolute atomic E-state index is 13.8. The molecule has 1 aliphatic rings. The van der Waals surface area contributed by atoms with E-state index in [4.69, 9.17) is 33.7 Å². The average Bonchev–Trinajstić information content (AvgIpc) is 3.43. The molecule has 2 atom stereocenters. The predicted molar refractivity (Wildman–Crippen MR) is 139 cm³/mol. The lowest BCUT2D eigenvalue weighted by Crippen LogP contribution is -2.45. The van der Waals surface area contributed by atoms with E-state index < -0.39 is 5.92 Å². The van der Waals surface area contributed by atoms with Gasteiger partial charge in [0.2, 0.25) is 11.9 Å². The van der Waals surface area contributed by atoms with Crippen molar-refractivity contribution in [3.8, 4) is 0 Å². The van der Waals surface area contributed by atoms with Gasteiger partial charge >= 0.3 is 5.97 Å². The van der Waals surface area contributed by atoms with Crippen LogP contribution in [0.1, 0.15) is 38.8 Å². The first-order valence-corrected chi connectivity index (χ1v) is 12.5. The van der Waals surface area contributed by atoms with Crippen molar-refractivity contribution in [2.75, 3.05) is 30.7 Å². The Morgan fingerprint density at radius 1 is 1.26 bits per heavy atom. The van der Waals surface area contributed by atoms with Gasteiger partial charge in [0.25, 0.3) is 0 Å². The monoisotopic (exact) mass is 522 g/mol. The van der Waals surface area contributed by atoms with Gasteiger partial charge in [0.15, 0.2) is 0 Å². The molecule has 0 saturated heterocycles. The van der Waals surface area contributed by atoms with E-state index in [-0.39, 0.29) is 24.4 Å². The molecule has 0 aliphatic carbocycles. The molecule has 3 N–H and O–H groups in total. The number of aromatic nitrogens is 2. The van der Waals surface area contributed by atoms with Gasteiger partial charge in [-0.3, -0.25) is 19.5 Å². The van der Waals surface area contributed by atoms with Crippen LogP contribution in [0.5, 0.6) is 0 Å². The highest BCUT2D eigenvalue weighted by atomic mass is 35.5. The SMILES string of the molecule is CCCC(=O)OC[C@H](Cc1cncn1C)[C@H](CC)C(=O)N1CCN=C1Nc1c(Cl)cc(N)cc1Cl. The first kappa shape index (κ1) is 26.8. The number of guanidine groups is 1. The number of halogens is 2. The molecule has 1 aliphatic heterocycles. The molecule has 190 valence electrons. The fourth-order valence-electron chi connectivity index (χ4n) is 4.15. The van der Waals surface area contributed by atoms with Crippen LogP contribution in [0, 0.1) is 11.8 Å². The van der Waals surface area contributed by atoms with Crippen molar-refractivity contribution >= 4 is 52.4 Å². The maximum Gasteiger partial charge on any atom is 0.305 e. The van der Waals surface area contributed by atoms with Gasteiger partial charge in [0.1, 0.15) is 0 Å². The molecule has 11 heteroatoms. The number of anilines is 2. The van der Waals surface area contributed by atoms with Crippen molar-refractivity contribution in [3.63, 3.8) is 0 Å². The Labute approximate surface area is 215 Å². The van der Waals surface area contributed by atoms with Gasteiger partial charge < -0.3 is 20.4 Å². The summed E-state index contributed by atoms with van der Waals surface area (Å²) in [6, 6.07) is 3.17. The highest BCUT2D eigenvalue weighted by Crippen LogP contribution is 2.34. The van der Waals surface area contributed by atoms with E-state index in [1.165, 1.54) is 0 Å². The Hall–Kier alpha value is -2.78. The Kier molecular flexibility index (Phi) is 9.40. The number of imidazole rings is 1. The smallest absolute Gasteiger partial charge is 0.305 e. The number of amides is 1. The average molecular weight is 523 g/mol. The van der Waals surface area contributed by atoms with Crippen molar-refractivity contribution in [3.05, 3.63) is 40.4 Å². The first-order valence-electron chi connectivity index (χ1n) is 11.7. The lowest BCUT2D eigenvalue weighted by Gasteiger charge is -2.30. The van der Waals surface area contributed by atoms with Gasteiger partial charge in [-0.1, -0.05) is 37.0 Å². The highest BCUT2D eigenvalue weighted by molar-refractivity contribution is 6.40. The second kappa shape index (κ2) is 12.3. The van der Waals surface area contributed by atoms with Crippen LogP contribution < -0.4 is 11.1 Å². The Morgan fingerprint density at radius 3 is 2.57 bits per heavy atom. The summed E-state index contributed by atoms with van der Waals surface area (Å²) < 4.78 is 7.47. The summed E-state index contributed by atoms with van der Waals surface area (Å²) in [6.45, 7) is 4.91. The molecule has 0 bridgehead atoms. The van der Waals surface area contributed by atoms with Gasteiger partial charge in [0.05, 0.1) is 35.2 Å². The summed E-state index contributed by atoms with van der Waals surface area (Å²) in [5.41, 5.74) is 7.64. The largest absolute Gasteiger partial charge is 0.465 e. The summed E-state index contributed by atoms with van der Waals surface area (Å²) in [5, 5.41) is 3.78. The number of nitrogens with two attached hydrogens (primary N) is 1. The molecule has 0 saturated carbocycles. The van der Waals surface area contributed by atoms with Crippen LogP contribution in [0.25, 0.3) is 0 Å². The van der Waals surface area contributed by atoms with Crippen LogP contribution in [0.15, 0.2) is 29.6 Å². The van der Waals surface area contributed by atoms with E-state index in [1.54, 1.807) is 29.6 Å². The number of benzene rings is 1. The van der Waals surface area contributed by atoms with Crippen molar-refractivity contribution in [1.82, 2.24) is 14.5 Å². The number of esters is 1. The van der Waals surface area contributed by atoms with Gasteiger partial charge in [-0.2, -0.15) is 0 Å². The van der Waals surface area contributed by atoms with E-state index in [1.807, 2.05) is 25.5 Å². The lowest BCUT2D eigenvalue weighted by atomic mass is 9.85. The van der Waals surface area contributed by atoms with Gasteiger partial charge in [-0.05, 0) is 31.4 Å². The zero-order chi connectivity index (χ0) is 25.5. The number of nitrogen functional groups attached to an aromatic ring is 1. The van der Waals surface area contributed by atoms with Gasteiger partial charge in [0, 0.05) is 49.4 Å². The second-order valence-corrected chi connectivity index (χ2v) is 9.40. The van der Waals surface area contributed by atoms with Crippen molar-refractivity contribution < 1.29 is 14.3 Å². The molecule has 2 heterocycles. The minimum Gasteiger partial charge on any atom is -0.465 e. The molecule has 0 radical (unpaired) electrons. The standard InChI is InChI=1S/C24H32Cl2N6O3/c1-4-6-21(33)35-13-15(9-17-12-28-14-31(17)3)18(5-2)23(34)32-8-7-29-24(32)30-22-19(25)10-16(27)11-20(22)26/h10-12,14-15,18H,4-9,13,27H2,1-3H3,(H,29,30)/t15-,18-/m0/s1. The maximum atomic E-state index is 13.8. The van der Waals surface area contributed by atoms with Crippen LogP contribution in [-0.2, 0) is 27.8 Å². The quantitative estimate of drug-likeness (QED) is 0.357. The number of hydrogen-bond acceptors (Lipinski definition) is 7. The summed E-state index contributed by atoms with van der Waals surface area (Å²) in [7, 11) is 1.90. The van der Waals surface area contributed by atoms with E-state index in [9.17, 15) is 9.59 Å². The minimum absolute atomic E-state index is 0.0994. The van der Waals surface area contributed by atoms with E-state index in [0.29, 0.717) is 66.2 Å². The van der Waals surface area contributed by atoms with Crippen LogP contribution >= 0.6 is 23.2 Å². The zero-order valence-corrected chi connectivity index (χ0v) is 21.8. The van der Waals surface area contributed by atoms with Gasteiger partial charge in [-0.25, -0.2) is 4.98 Å². The van der Waals surface area contributed by atoms with Crippen molar-refractivity contribution in [2.24, 2.45) is 23.9 Å². The van der Waals surface area contributed by atoms with Crippen molar-refractivity contribution in [1.29, 1.82) is 0 Å². The number of aryl methyl sites for hydroxylation is 1. The van der Waals surface area contributed by atoms with Crippen molar-refractivity contribution in [2.45, 2.75) is 39.5 Å². The van der Waals surface area contributed by atoms with Crippen LogP contribution in [0.4, 0.5) is 11.4 Å². The number of nitrogens with zero attached hydrogens (tertiary/aromatic N) is 4. The molecule has 1 aromatic carbocycles. The number of aliphatic imine (C=N–C) groups is 1. The molecular weight excluding hydrogens is 491 g/mol. The molecule has 1 aromatic heterocycles. The fraction of sp³-hybridized carbons (Fsp3) is 0.500. The number of hydrogen-bond donors (Lipinski definition) is 2. The summed E-state index contributed by atoms with van der Waals surface area (Å²) in [5.74, 6) is -0.611. The third kappa shape index (κ3) is 6.67. The second-order valence-electron chi connectivity index (χ2n) is 8.59. The minimum atomic E-state index is -0.401. The van der Waals surface area contributed by atoms with Gasteiger partial charge in [-0.15, -0.1) is 0 Å². The van der Waals surface area contributed by atoms with E-state index in [0.717, 1.165) is 5.69 Å². The van der Waals surface area contributed by atoms with Crippen LogP contribution in [0.3, 0.4) is 0 Å². The predicted octanol–water partition coefficient (Wildman–Crippen LogP) is 4.15. The Morgan fingerprint density at radius 2 is 1.97 bits per heavy atom. The molecular formula is C24H32Cl2N6O3. The highest BCUT2D eigenvalue weighted by Gasteiger charge is 2.35. The summed E-state index contributed by atoms with van der Waals surface area (Å²) >= 11 is 12.7. The fourth-order valence-corrected chi connectivity index (χ4v) is 4.74. The molecule has 3 rings (SSSR count). The van der Waals surface area contributed by atoms with E-state index in [2.05, 4.69) is 15.3 Å². The molecule has 35 heavy (non-hydrogen) atoms. The Bertz CT molecular complexity index is 1060. The molecule has 1 amide bonds. The molecule has 0 unspecified atom stereocenters. The van der Waals surface area contributed by atoms with Crippen LogP contribution in [0.2, 0.25) is 10.0 Å². The molecule has 0 fully saturated rings. The van der Waals surface area contributed by atoms with E-state index >= 15 is 0 Å². The first-order chi connectivity index (χ1) is 16.7. The third-order valence-electron chi connectivity index (χ3n) is 6.03. The summed E-state index contributed by atoms with van der Waals surface area (Å²) in [6.07, 6.45) is 5.65. The number of rotatable bonds is 10. The zero-order valence-electron chi connectivity index (χ0n) is 20.3. The molecule has 2 aromatic rings. The molecule has 9 nitrogen and oxygen atoms in total. The number of carbonyl (C=O) groups is 2. The lowest BCUT2D eigenvalue weighted by molar-refractivity contribution is -0.148. The number of nitrogens with one attached hydrogen (secondary N) is 1. The third-order valence-corrected chi connectivity index (χ3v) is 6.63. The summed E-state index contributed by atoms with van der Waals surface area (Å²) in [4.78, 5) is 36.1. The molecule has 0 spiro atoms. The topological polar surface area (TPSA) is 115 Å².